The van der Waals surface area contributed by atoms with E-state index in [1.165, 1.54) is 11.1 Å². The molecular formula is C19H19N3O2. The standard InChI is InChI=1S/C19H19N3O2/c1-13-4-6-14(7-5-13)12-24-16-8-9-17-15(11-16)3-2-10-22-18(17)20-21-19(22)23/h4-9,11H,2-3,10,12H2,1H3,(H,21,23). The molecule has 2 aromatic carbocycles. The van der Waals surface area contributed by atoms with E-state index >= 15 is 0 Å². The number of aromatic nitrogens is 3. The maximum Gasteiger partial charge on any atom is 0.343 e. The number of fused-ring (bicyclic) bond motifs is 3. The fourth-order valence-corrected chi connectivity index (χ4v) is 3.09. The van der Waals surface area contributed by atoms with E-state index < -0.39 is 0 Å². The van der Waals surface area contributed by atoms with Gasteiger partial charge < -0.3 is 4.74 Å². The Hall–Kier alpha value is -2.82. The summed E-state index contributed by atoms with van der Waals surface area (Å²) in [7, 11) is 0. The van der Waals surface area contributed by atoms with Gasteiger partial charge in [0, 0.05) is 12.1 Å². The lowest BCUT2D eigenvalue weighted by molar-refractivity contribution is 0.306. The molecule has 0 amide bonds. The zero-order chi connectivity index (χ0) is 16.5. The third kappa shape index (κ3) is 2.73. The Morgan fingerprint density at radius 3 is 2.88 bits per heavy atom. The van der Waals surface area contributed by atoms with Crippen LogP contribution in [0.25, 0.3) is 11.4 Å². The average Bonchev–Trinajstić information content (AvgIpc) is 2.85. The highest BCUT2D eigenvalue weighted by atomic mass is 16.5. The van der Waals surface area contributed by atoms with Crippen LogP contribution in [-0.2, 0) is 19.6 Å². The van der Waals surface area contributed by atoms with Gasteiger partial charge in [-0.3, -0.25) is 4.57 Å². The minimum atomic E-state index is -0.141. The fraction of sp³-hybridized carbons (Fsp3) is 0.263. The van der Waals surface area contributed by atoms with Gasteiger partial charge in [-0.2, -0.15) is 5.10 Å². The first kappa shape index (κ1) is 14.8. The zero-order valence-electron chi connectivity index (χ0n) is 13.6. The molecule has 0 spiro atoms. The molecule has 1 aliphatic rings. The highest BCUT2D eigenvalue weighted by Crippen LogP contribution is 2.29. The van der Waals surface area contributed by atoms with Crippen molar-refractivity contribution < 1.29 is 4.74 Å². The summed E-state index contributed by atoms with van der Waals surface area (Å²) in [6.45, 7) is 3.32. The SMILES string of the molecule is Cc1ccc(COc2ccc3c(c2)CCCn2c-3n[nH]c2=O)cc1. The predicted octanol–water partition coefficient (Wildman–Crippen LogP) is 3.07. The zero-order valence-corrected chi connectivity index (χ0v) is 13.6. The van der Waals surface area contributed by atoms with Crippen LogP contribution in [0, 0.1) is 6.92 Å². The quantitative estimate of drug-likeness (QED) is 0.806. The van der Waals surface area contributed by atoms with Gasteiger partial charge in [-0.15, -0.1) is 0 Å². The van der Waals surface area contributed by atoms with E-state index in [1.54, 1.807) is 4.57 Å². The number of nitrogens with one attached hydrogen (secondary N) is 1. The number of benzene rings is 2. The molecule has 1 aliphatic heterocycles. The first-order valence-electron chi connectivity index (χ1n) is 8.17. The summed E-state index contributed by atoms with van der Waals surface area (Å²) < 4.78 is 7.64. The molecule has 0 radical (unpaired) electrons. The van der Waals surface area contributed by atoms with Crippen LogP contribution in [0.15, 0.2) is 47.3 Å². The smallest absolute Gasteiger partial charge is 0.343 e. The molecule has 24 heavy (non-hydrogen) atoms. The van der Waals surface area contributed by atoms with E-state index in [9.17, 15) is 4.79 Å². The summed E-state index contributed by atoms with van der Waals surface area (Å²) in [4.78, 5) is 11.8. The summed E-state index contributed by atoms with van der Waals surface area (Å²) in [5, 5.41) is 6.71. The molecule has 2 heterocycles. The number of hydrogen-bond acceptors (Lipinski definition) is 3. The third-order valence-electron chi connectivity index (χ3n) is 4.43. The van der Waals surface area contributed by atoms with Gasteiger partial charge in [0.15, 0.2) is 5.82 Å². The summed E-state index contributed by atoms with van der Waals surface area (Å²) >= 11 is 0. The van der Waals surface area contributed by atoms with Crippen LogP contribution in [0.2, 0.25) is 0 Å². The lowest BCUT2D eigenvalue weighted by atomic mass is 10.0. The maximum atomic E-state index is 11.8. The number of hydrogen-bond donors (Lipinski definition) is 1. The largest absolute Gasteiger partial charge is 0.489 e. The topological polar surface area (TPSA) is 59.9 Å². The molecule has 0 saturated heterocycles. The molecule has 122 valence electrons. The van der Waals surface area contributed by atoms with E-state index in [0.29, 0.717) is 13.2 Å². The molecule has 0 fully saturated rings. The van der Waals surface area contributed by atoms with Crippen LogP contribution in [0.5, 0.6) is 5.75 Å². The van der Waals surface area contributed by atoms with Gasteiger partial charge in [0.25, 0.3) is 0 Å². The first-order chi connectivity index (χ1) is 11.7. The molecule has 1 aromatic heterocycles. The minimum Gasteiger partial charge on any atom is -0.489 e. The second-order valence-electron chi connectivity index (χ2n) is 6.20. The number of rotatable bonds is 3. The Kier molecular flexibility index (Phi) is 3.69. The van der Waals surface area contributed by atoms with Crippen molar-refractivity contribution in [3.05, 3.63) is 69.6 Å². The van der Waals surface area contributed by atoms with Gasteiger partial charge in [-0.1, -0.05) is 29.8 Å². The Morgan fingerprint density at radius 1 is 1.21 bits per heavy atom. The Bertz CT molecular complexity index is 923. The van der Waals surface area contributed by atoms with Gasteiger partial charge in [0.1, 0.15) is 12.4 Å². The Labute approximate surface area is 139 Å². The monoisotopic (exact) mass is 321 g/mol. The van der Waals surface area contributed by atoms with Crippen LogP contribution in [0.4, 0.5) is 0 Å². The van der Waals surface area contributed by atoms with Crippen LogP contribution in [-0.4, -0.2) is 14.8 Å². The highest BCUT2D eigenvalue weighted by molar-refractivity contribution is 5.62. The molecule has 4 rings (SSSR count). The number of H-pyrrole nitrogens is 1. The van der Waals surface area contributed by atoms with Crippen molar-refractivity contribution >= 4 is 0 Å². The summed E-state index contributed by atoms with van der Waals surface area (Å²) in [6, 6.07) is 14.4. The summed E-state index contributed by atoms with van der Waals surface area (Å²) in [5.74, 6) is 1.57. The van der Waals surface area contributed by atoms with Gasteiger partial charge in [-0.25, -0.2) is 9.89 Å². The second-order valence-corrected chi connectivity index (χ2v) is 6.20. The van der Waals surface area contributed by atoms with E-state index in [4.69, 9.17) is 4.74 Å². The third-order valence-corrected chi connectivity index (χ3v) is 4.43. The summed E-state index contributed by atoms with van der Waals surface area (Å²) in [6.07, 6.45) is 1.83. The van der Waals surface area contributed by atoms with E-state index in [2.05, 4.69) is 47.5 Å². The van der Waals surface area contributed by atoms with Gasteiger partial charge >= 0.3 is 5.69 Å². The average molecular weight is 321 g/mol. The number of nitrogens with zero attached hydrogens (tertiary/aromatic N) is 2. The summed E-state index contributed by atoms with van der Waals surface area (Å²) in [5.41, 5.74) is 4.44. The fourth-order valence-electron chi connectivity index (χ4n) is 3.09. The predicted molar refractivity (Wildman–Crippen MR) is 92.1 cm³/mol. The van der Waals surface area contributed by atoms with Crippen molar-refractivity contribution in [2.24, 2.45) is 0 Å². The molecule has 5 nitrogen and oxygen atoms in total. The van der Waals surface area contributed by atoms with Crippen LogP contribution >= 0.6 is 0 Å². The molecule has 0 unspecified atom stereocenters. The Balaban J connectivity index is 1.58. The molecule has 5 heteroatoms. The van der Waals surface area contributed by atoms with Crippen LogP contribution in [0.1, 0.15) is 23.1 Å². The van der Waals surface area contributed by atoms with Crippen molar-refractivity contribution in [2.45, 2.75) is 32.9 Å². The van der Waals surface area contributed by atoms with Gasteiger partial charge in [0.2, 0.25) is 0 Å². The molecule has 0 atom stereocenters. The van der Waals surface area contributed by atoms with Crippen molar-refractivity contribution in [3.63, 3.8) is 0 Å². The van der Waals surface area contributed by atoms with E-state index in [1.807, 2.05) is 12.1 Å². The van der Waals surface area contributed by atoms with Gasteiger partial charge in [-0.05, 0) is 49.1 Å². The number of aryl methyl sites for hydroxylation is 2. The van der Waals surface area contributed by atoms with Crippen LogP contribution in [0.3, 0.4) is 0 Å². The number of aromatic amines is 1. The highest BCUT2D eigenvalue weighted by Gasteiger charge is 2.18. The normalized spacial score (nSPS) is 13.0. The molecule has 0 aliphatic carbocycles. The van der Waals surface area contributed by atoms with Crippen molar-refractivity contribution in [1.82, 2.24) is 14.8 Å². The maximum absolute atomic E-state index is 11.8. The van der Waals surface area contributed by atoms with E-state index in [-0.39, 0.29) is 5.69 Å². The minimum absolute atomic E-state index is 0.141. The molecule has 1 N–H and O–H groups in total. The van der Waals surface area contributed by atoms with Crippen molar-refractivity contribution in [3.8, 4) is 17.1 Å². The second kappa shape index (κ2) is 6.00. The first-order valence-corrected chi connectivity index (χ1v) is 8.17. The lowest BCUT2D eigenvalue weighted by Crippen LogP contribution is -2.16. The van der Waals surface area contributed by atoms with Crippen molar-refractivity contribution in [2.75, 3.05) is 0 Å². The van der Waals surface area contributed by atoms with Crippen molar-refractivity contribution in [1.29, 1.82) is 0 Å². The molecule has 3 aromatic rings. The molecule has 0 saturated carbocycles. The molecule has 0 bridgehead atoms. The van der Waals surface area contributed by atoms with Gasteiger partial charge in [0.05, 0.1) is 0 Å². The Morgan fingerprint density at radius 2 is 2.04 bits per heavy atom. The lowest BCUT2D eigenvalue weighted by Gasteiger charge is -2.10. The molecular weight excluding hydrogens is 302 g/mol. The number of ether oxygens (including phenoxy) is 1. The van der Waals surface area contributed by atoms with E-state index in [0.717, 1.165) is 35.5 Å². The van der Waals surface area contributed by atoms with Crippen LogP contribution < -0.4 is 10.4 Å².